The third-order valence-corrected chi connectivity index (χ3v) is 11.5. The highest BCUT2D eigenvalue weighted by atomic mass is 19.4. The van der Waals surface area contributed by atoms with E-state index in [-0.39, 0.29) is 32.5 Å². The topological polar surface area (TPSA) is 153 Å². The van der Waals surface area contributed by atoms with Crippen molar-refractivity contribution in [2.24, 2.45) is 5.41 Å². The summed E-state index contributed by atoms with van der Waals surface area (Å²) in [4.78, 5) is 63.5. The molecule has 2 aliphatic carbocycles. The molecule has 7 atom stereocenters. The van der Waals surface area contributed by atoms with E-state index < -0.39 is 84.2 Å². The van der Waals surface area contributed by atoms with E-state index in [1.54, 1.807) is 24.3 Å². The van der Waals surface area contributed by atoms with Crippen molar-refractivity contribution in [3.63, 3.8) is 0 Å². The summed E-state index contributed by atoms with van der Waals surface area (Å²) in [5, 5.41) is 13.6. The van der Waals surface area contributed by atoms with E-state index in [0.29, 0.717) is 24.0 Å². The van der Waals surface area contributed by atoms with Gasteiger partial charge in [-0.25, -0.2) is 4.79 Å². The first kappa shape index (κ1) is 39.7. The van der Waals surface area contributed by atoms with Gasteiger partial charge in [0.15, 0.2) is 18.4 Å². The van der Waals surface area contributed by atoms with Crippen molar-refractivity contribution >= 4 is 29.8 Å². The zero-order chi connectivity index (χ0) is 40.8. The minimum absolute atomic E-state index is 0.0143. The largest absolute Gasteiger partial charge is 0.458 e. The van der Waals surface area contributed by atoms with Crippen molar-refractivity contribution in [1.29, 1.82) is 0 Å². The molecule has 8 rings (SSSR count). The van der Waals surface area contributed by atoms with Crippen molar-refractivity contribution < 1.29 is 61.2 Å². The molecule has 4 fully saturated rings. The average molecular weight is 806 g/mol. The smallest absolute Gasteiger partial charge is 0.422 e. The van der Waals surface area contributed by atoms with Gasteiger partial charge in [0.2, 0.25) is 11.8 Å². The molecule has 1 saturated carbocycles. The molecule has 3 saturated heterocycles. The molecular formula is C42H42F3N3O10. The van der Waals surface area contributed by atoms with Crippen LogP contribution in [0.5, 0.6) is 0 Å². The molecule has 13 nitrogen and oxygen atoms in total. The van der Waals surface area contributed by atoms with Gasteiger partial charge in [-0.05, 0) is 33.9 Å². The third-order valence-electron chi connectivity index (χ3n) is 11.5. The maximum absolute atomic E-state index is 15.4. The number of benzene rings is 3. The SMILES string of the molecule is CN(C(=O)[C@@]12C[C@H]3OC(=O)[C@@H]1N(Cc1cccc(C=CC(=O)OCC(F)(F)F)c1)O[C@@H]2[C@H]1OC2(Cc4ccccc4C2)O[C@H]13)[C@H](Cc1ccccc1)C(=O)NCCO. The first-order valence-corrected chi connectivity index (χ1v) is 19.1. The molecule has 2 bridgehead atoms. The van der Waals surface area contributed by atoms with Gasteiger partial charge in [-0.15, -0.1) is 0 Å². The Balaban J connectivity index is 1.13. The molecule has 5 aliphatic rings. The van der Waals surface area contributed by atoms with Crippen LogP contribution in [0.4, 0.5) is 13.2 Å². The van der Waals surface area contributed by atoms with E-state index in [0.717, 1.165) is 22.8 Å². The second-order valence-electron chi connectivity index (χ2n) is 15.4. The summed E-state index contributed by atoms with van der Waals surface area (Å²) in [6, 6.07) is 21.4. The van der Waals surface area contributed by atoms with Crippen LogP contribution in [0.25, 0.3) is 6.08 Å². The number of fused-ring (bicyclic) bond motifs is 5. The molecule has 0 unspecified atom stereocenters. The van der Waals surface area contributed by atoms with Crippen molar-refractivity contribution in [3.05, 3.63) is 113 Å². The van der Waals surface area contributed by atoms with Crippen molar-refractivity contribution in [2.45, 2.75) is 80.7 Å². The number of aliphatic hydroxyl groups is 1. The number of carbonyl (C=O) groups is 4. The van der Waals surface area contributed by atoms with Crippen LogP contribution in [0.2, 0.25) is 0 Å². The normalized spacial score (nSPS) is 27.2. The number of halogens is 3. The first-order chi connectivity index (χ1) is 27.8. The number of alkyl halides is 3. The predicted molar refractivity (Wildman–Crippen MR) is 197 cm³/mol. The highest BCUT2D eigenvalue weighted by Gasteiger charge is 2.77. The van der Waals surface area contributed by atoms with Gasteiger partial charge < -0.3 is 34.3 Å². The summed E-state index contributed by atoms with van der Waals surface area (Å²) in [6.45, 7) is -2.12. The Bertz CT molecular complexity index is 2070. The van der Waals surface area contributed by atoms with Gasteiger partial charge in [-0.2, -0.15) is 18.2 Å². The molecule has 0 aromatic heterocycles. The monoisotopic (exact) mass is 805 g/mol. The number of amides is 2. The van der Waals surface area contributed by atoms with Crippen LogP contribution in [0.3, 0.4) is 0 Å². The number of likely N-dealkylation sites (N-methyl/N-ethyl adjacent to an activating group) is 1. The second-order valence-corrected chi connectivity index (χ2v) is 15.4. The number of hydrogen-bond donors (Lipinski definition) is 2. The molecule has 1 spiro atoms. The molecule has 2 amide bonds. The van der Waals surface area contributed by atoms with Gasteiger partial charge in [0.05, 0.1) is 13.2 Å². The highest BCUT2D eigenvalue weighted by molar-refractivity contribution is 5.96. The lowest BCUT2D eigenvalue weighted by atomic mass is 9.62. The summed E-state index contributed by atoms with van der Waals surface area (Å²) in [5.74, 6) is -4.00. The summed E-state index contributed by atoms with van der Waals surface area (Å²) in [5.41, 5.74) is 2.30. The van der Waals surface area contributed by atoms with Gasteiger partial charge in [-0.3, -0.25) is 19.2 Å². The van der Waals surface area contributed by atoms with Gasteiger partial charge >= 0.3 is 18.1 Å². The zero-order valence-corrected chi connectivity index (χ0v) is 31.4. The average Bonchev–Trinajstić information content (AvgIpc) is 3.88. The van der Waals surface area contributed by atoms with E-state index in [2.05, 4.69) is 10.1 Å². The number of hydroxylamine groups is 2. The second kappa shape index (κ2) is 15.6. The fraction of sp³-hybridized carbons (Fsp3) is 0.429. The van der Waals surface area contributed by atoms with Crippen molar-refractivity contribution in [1.82, 2.24) is 15.3 Å². The highest BCUT2D eigenvalue weighted by Crippen LogP contribution is 2.59. The van der Waals surface area contributed by atoms with Crippen LogP contribution in [-0.2, 0) is 68.8 Å². The van der Waals surface area contributed by atoms with Crippen LogP contribution in [0, 0.1) is 5.41 Å². The molecule has 3 aromatic carbocycles. The van der Waals surface area contributed by atoms with Crippen molar-refractivity contribution in [2.75, 3.05) is 26.8 Å². The Kier molecular flexibility index (Phi) is 10.6. The number of nitrogens with zero attached hydrogens (tertiary/aromatic N) is 2. The van der Waals surface area contributed by atoms with E-state index in [1.807, 2.05) is 54.6 Å². The van der Waals surface area contributed by atoms with E-state index in [1.165, 1.54) is 23.1 Å². The van der Waals surface area contributed by atoms with Crippen LogP contribution < -0.4 is 5.32 Å². The number of carbonyl (C=O) groups excluding carboxylic acids is 4. The lowest BCUT2D eigenvalue weighted by molar-refractivity contribution is -0.218. The summed E-state index contributed by atoms with van der Waals surface area (Å²) >= 11 is 0. The van der Waals surface area contributed by atoms with Gasteiger partial charge in [0.25, 0.3) is 0 Å². The Morgan fingerprint density at radius 2 is 1.69 bits per heavy atom. The van der Waals surface area contributed by atoms with Gasteiger partial charge in [0, 0.05) is 45.4 Å². The molecular weight excluding hydrogens is 763 g/mol. The molecule has 3 aliphatic heterocycles. The number of ether oxygens (including phenoxy) is 4. The maximum atomic E-state index is 15.4. The number of hydrogen-bond acceptors (Lipinski definition) is 11. The quantitative estimate of drug-likeness (QED) is 0.205. The fourth-order valence-electron chi connectivity index (χ4n) is 9.09. The summed E-state index contributed by atoms with van der Waals surface area (Å²) < 4.78 is 61.6. The summed E-state index contributed by atoms with van der Waals surface area (Å²) in [6.07, 6.45) is -5.03. The Morgan fingerprint density at radius 1 is 1.00 bits per heavy atom. The molecule has 16 heteroatoms. The fourth-order valence-corrected chi connectivity index (χ4v) is 9.09. The first-order valence-electron chi connectivity index (χ1n) is 19.1. The Morgan fingerprint density at radius 3 is 2.40 bits per heavy atom. The van der Waals surface area contributed by atoms with Crippen molar-refractivity contribution in [3.8, 4) is 0 Å². The molecule has 58 heavy (non-hydrogen) atoms. The minimum Gasteiger partial charge on any atom is -0.458 e. The zero-order valence-electron chi connectivity index (χ0n) is 31.4. The number of rotatable bonds is 12. The Hall–Kier alpha value is -5.13. The Labute approximate surface area is 331 Å². The van der Waals surface area contributed by atoms with Gasteiger partial charge in [0.1, 0.15) is 35.9 Å². The molecule has 2 N–H and O–H groups in total. The van der Waals surface area contributed by atoms with Crippen LogP contribution >= 0.6 is 0 Å². The molecule has 0 radical (unpaired) electrons. The molecule has 306 valence electrons. The van der Waals surface area contributed by atoms with E-state index >= 15 is 4.79 Å². The van der Waals surface area contributed by atoms with E-state index in [4.69, 9.17) is 19.0 Å². The minimum atomic E-state index is -4.67. The lowest BCUT2D eigenvalue weighted by Crippen LogP contribution is -2.70. The van der Waals surface area contributed by atoms with Crippen LogP contribution in [-0.4, -0.2) is 114 Å². The maximum Gasteiger partial charge on any atom is 0.422 e. The molecule has 3 aromatic rings. The standard InChI is InChI=1S/C42H42F3N3O10/c1-47(30(37(51)46-16-17-49)19-25-8-3-2-4-9-25)39(53)41-22-31-33-34(57-40(56-33)20-28-12-5-6-13-29(28)21-40)36(41)58-48(35(41)38(52)55-31)23-27-11-7-10-26(18-27)14-15-32(50)54-24-42(43,44)45/h2-15,18,30-31,33-36,49H,16-17,19-24H2,1H3,(H,46,51)/t30-,31-,33+,34+,35+,36-,41+/m1/s1. The lowest BCUT2D eigenvalue weighted by Gasteiger charge is -2.50. The third kappa shape index (κ3) is 7.50. The van der Waals surface area contributed by atoms with Gasteiger partial charge in [-0.1, -0.05) is 78.9 Å². The van der Waals surface area contributed by atoms with E-state index in [9.17, 15) is 32.7 Å². The molecule has 3 heterocycles. The summed E-state index contributed by atoms with van der Waals surface area (Å²) in [7, 11) is 1.52. The number of aliphatic hydroxyl groups excluding tert-OH is 1. The van der Waals surface area contributed by atoms with Crippen LogP contribution in [0.1, 0.15) is 34.2 Å². The number of nitrogens with one attached hydrogen (secondary N) is 1. The van der Waals surface area contributed by atoms with Crippen LogP contribution in [0.15, 0.2) is 84.9 Å². The predicted octanol–water partition coefficient (Wildman–Crippen LogP) is 3.06. The number of esters is 2.